The Morgan fingerprint density at radius 1 is 0.968 bits per heavy atom. The van der Waals surface area contributed by atoms with E-state index < -0.39 is 0 Å². The van der Waals surface area contributed by atoms with Gasteiger partial charge in [0.05, 0.1) is 18.3 Å². The Bertz CT molecular complexity index is 970. The Morgan fingerprint density at radius 2 is 1.61 bits per heavy atom. The van der Waals surface area contributed by atoms with Gasteiger partial charge in [-0.1, -0.05) is 72.4 Å². The van der Waals surface area contributed by atoms with Crippen molar-refractivity contribution in [3.05, 3.63) is 77.6 Å². The van der Waals surface area contributed by atoms with Gasteiger partial charge in [0.2, 0.25) is 5.91 Å². The van der Waals surface area contributed by atoms with E-state index in [0.29, 0.717) is 13.1 Å². The van der Waals surface area contributed by atoms with Gasteiger partial charge in [-0.25, -0.2) is 0 Å². The highest BCUT2D eigenvalue weighted by Gasteiger charge is 2.22. The van der Waals surface area contributed by atoms with Crippen LogP contribution < -0.4 is 5.32 Å². The summed E-state index contributed by atoms with van der Waals surface area (Å²) in [6, 6.07) is 20.3. The molecule has 1 atom stereocenters. The van der Waals surface area contributed by atoms with Crippen LogP contribution in [-0.4, -0.2) is 43.9 Å². The third-order valence-electron chi connectivity index (χ3n) is 5.50. The Hall–Kier alpha value is -2.64. The van der Waals surface area contributed by atoms with E-state index in [1.54, 1.807) is 0 Å². The van der Waals surface area contributed by atoms with Gasteiger partial charge < -0.3 is 9.88 Å². The molecule has 3 aromatic rings. The zero-order chi connectivity index (χ0) is 21.5. The molecular formula is C24H29N5OS. The number of nitrogens with one attached hydrogen (secondary N) is 1. The lowest BCUT2D eigenvalue weighted by molar-refractivity contribution is -0.120. The molecule has 1 amide bonds. The second-order valence-corrected chi connectivity index (χ2v) is 9.23. The summed E-state index contributed by atoms with van der Waals surface area (Å²) >= 11 is 1.47. The van der Waals surface area contributed by atoms with Crippen LogP contribution in [0.15, 0.2) is 65.8 Å². The number of hydrogen-bond acceptors (Lipinski definition) is 5. The standard InChI is InChI=1S/C24H29N5OS/c1-19(23(30)25-16-20-10-4-2-5-11-20)31-24-27-26-22(18-28-14-8-9-15-28)29(24)17-21-12-6-3-7-13-21/h2-7,10-13,19H,8-9,14-18H2,1H3,(H,25,30). The lowest BCUT2D eigenvalue weighted by atomic mass is 10.2. The number of aromatic nitrogens is 3. The summed E-state index contributed by atoms with van der Waals surface area (Å²) in [4.78, 5) is 15.1. The number of carbonyl (C=O) groups excluding carboxylic acids is 1. The Morgan fingerprint density at radius 3 is 2.29 bits per heavy atom. The molecule has 7 heteroatoms. The number of benzene rings is 2. The highest BCUT2D eigenvalue weighted by atomic mass is 32.2. The largest absolute Gasteiger partial charge is 0.351 e. The number of thioether (sulfide) groups is 1. The van der Waals surface area contributed by atoms with E-state index in [2.05, 4.69) is 37.1 Å². The van der Waals surface area contributed by atoms with Gasteiger partial charge in [0, 0.05) is 6.54 Å². The van der Waals surface area contributed by atoms with Gasteiger partial charge in [0.25, 0.3) is 0 Å². The van der Waals surface area contributed by atoms with Gasteiger partial charge in [-0.15, -0.1) is 10.2 Å². The predicted molar refractivity (Wildman–Crippen MR) is 124 cm³/mol. The topological polar surface area (TPSA) is 63.1 Å². The molecule has 2 aromatic carbocycles. The van der Waals surface area contributed by atoms with Crippen LogP contribution in [0.3, 0.4) is 0 Å². The molecule has 2 heterocycles. The van der Waals surface area contributed by atoms with E-state index in [-0.39, 0.29) is 11.2 Å². The second-order valence-electron chi connectivity index (χ2n) is 7.92. The first-order valence-corrected chi connectivity index (χ1v) is 11.7. The fourth-order valence-corrected chi connectivity index (χ4v) is 4.62. The monoisotopic (exact) mass is 435 g/mol. The van der Waals surface area contributed by atoms with Gasteiger partial charge in [0.1, 0.15) is 5.82 Å². The molecule has 1 fully saturated rings. The molecule has 0 radical (unpaired) electrons. The van der Waals surface area contributed by atoms with Crippen LogP contribution in [-0.2, 0) is 24.4 Å². The van der Waals surface area contributed by atoms with Crippen LogP contribution in [0.4, 0.5) is 0 Å². The number of carbonyl (C=O) groups is 1. The predicted octanol–water partition coefficient (Wildman–Crippen LogP) is 3.72. The van der Waals surface area contributed by atoms with E-state index in [4.69, 9.17) is 0 Å². The highest BCUT2D eigenvalue weighted by Crippen LogP contribution is 2.25. The van der Waals surface area contributed by atoms with E-state index in [1.807, 2.05) is 55.5 Å². The Balaban J connectivity index is 1.45. The maximum atomic E-state index is 12.7. The third kappa shape index (κ3) is 5.95. The molecule has 0 spiro atoms. The maximum absolute atomic E-state index is 12.7. The minimum absolute atomic E-state index is 0.00390. The van der Waals surface area contributed by atoms with Crippen LogP contribution in [0.25, 0.3) is 0 Å². The molecule has 1 unspecified atom stereocenters. The number of hydrogen-bond donors (Lipinski definition) is 1. The van der Waals surface area contributed by atoms with Gasteiger partial charge in [-0.3, -0.25) is 9.69 Å². The molecule has 1 aromatic heterocycles. The molecule has 0 saturated carbocycles. The van der Waals surface area contributed by atoms with Crippen LogP contribution in [0.2, 0.25) is 0 Å². The van der Waals surface area contributed by atoms with Gasteiger partial charge in [-0.2, -0.15) is 0 Å². The minimum atomic E-state index is -0.262. The SMILES string of the molecule is CC(Sc1nnc(CN2CCCC2)n1Cc1ccccc1)C(=O)NCc1ccccc1. The van der Waals surface area contributed by atoms with Crippen molar-refractivity contribution in [1.82, 2.24) is 25.0 Å². The maximum Gasteiger partial charge on any atom is 0.233 e. The number of likely N-dealkylation sites (tertiary alicyclic amines) is 1. The van der Waals surface area contributed by atoms with Crippen LogP contribution >= 0.6 is 11.8 Å². The van der Waals surface area contributed by atoms with Crippen LogP contribution in [0, 0.1) is 0 Å². The van der Waals surface area contributed by atoms with E-state index in [0.717, 1.165) is 36.2 Å². The zero-order valence-electron chi connectivity index (χ0n) is 17.9. The van der Waals surface area contributed by atoms with Crippen molar-refractivity contribution in [1.29, 1.82) is 0 Å². The summed E-state index contributed by atoms with van der Waals surface area (Å²) in [5.41, 5.74) is 2.29. The molecule has 162 valence electrons. The molecule has 0 bridgehead atoms. The smallest absolute Gasteiger partial charge is 0.233 e. The lowest BCUT2D eigenvalue weighted by Gasteiger charge is -2.17. The third-order valence-corrected chi connectivity index (χ3v) is 6.58. The summed E-state index contributed by atoms with van der Waals surface area (Å²) in [6.45, 7) is 6.18. The molecule has 1 saturated heterocycles. The fraction of sp³-hybridized carbons (Fsp3) is 0.375. The Labute approximate surface area is 188 Å². The molecule has 4 rings (SSSR count). The zero-order valence-corrected chi connectivity index (χ0v) is 18.7. The van der Waals surface area contributed by atoms with Gasteiger partial charge >= 0.3 is 0 Å². The molecule has 1 aliphatic rings. The Kier molecular flexibility index (Phi) is 7.38. The van der Waals surface area contributed by atoms with Crippen molar-refractivity contribution < 1.29 is 4.79 Å². The molecule has 0 aliphatic carbocycles. The molecule has 31 heavy (non-hydrogen) atoms. The highest BCUT2D eigenvalue weighted by molar-refractivity contribution is 8.00. The van der Waals surface area contributed by atoms with Crippen molar-refractivity contribution in [2.45, 2.75) is 49.8 Å². The summed E-state index contributed by atoms with van der Waals surface area (Å²) in [5, 5.41) is 12.5. The number of amides is 1. The summed E-state index contributed by atoms with van der Waals surface area (Å²) in [5.74, 6) is 0.967. The summed E-state index contributed by atoms with van der Waals surface area (Å²) in [7, 11) is 0. The van der Waals surface area contributed by atoms with Crippen molar-refractivity contribution in [2.75, 3.05) is 13.1 Å². The lowest BCUT2D eigenvalue weighted by Crippen LogP contribution is -2.30. The van der Waals surface area contributed by atoms with Crippen molar-refractivity contribution in [3.63, 3.8) is 0 Å². The number of rotatable bonds is 9. The second kappa shape index (κ2) is 10.6. The molecular weight excluding hydrogens is 406 g/mol. The summed E-state index contributed by atoms with van der Waals surface area (Å²) in [6.07, 6.45) is 2.49. The van der Waals surface area contributed by atoms with Crippen LogP contribution in [0.5, 0.6) is 0 Å². The van der Waals surface area contributed by atoms with Crippen molar-refractivity contribution >= 4 is 17.7 Å². The number of nitrogens with zero attached hydrogens (tertiary/aromatic N) is 4. The normalized spacial score (nSPS) is 15.1. The molecule has 6 nitrogen and oxygen atoms in total. The van der Waals surface area contributed by atoms with Crippen LogP contribution in [0.1, 0.15) is 36.7 Å². The molecule has 1 aliphatic heterocycles. The quantitative estimate of drug-likeness (QED) is 0.519. The van der Waals surface area contributed by atoms with Crippen molar-refractivity contribution in [3.8, 4) is 0 Å². The van der Waals surface area contributed by atoms with Gasteiger partial charge in [0.15, 0.2) is 5.16 Å². The average Bonchev–Trinajstić information content (AvgIpc) is 3.45. The molecule has 1 N–H and O–H groups in total. The van der Waals surface area contributed by atoms with Crippen molar-refractivity contribution in [2.24, 2.45) is 0 Å². The first kappa shape index (κ1) is 21.6. The average molecular weight is 436 g/mol. The van der Waals surface area contributed by atoms with Gasteiger partial charge in [-0.05, 0) is 44.0 Å². The van der Waals surface area contributed by atoms with E-state index >= 15 is 0 Å². The fourth-order valence-electron chi connectivity index (χ4n) is 3.73. The van der Waals surface area contributed by atoms with E-state index in [1.165, 1.54) is 30.2 Å². The first-order chi connectivity index (χ1) is 15.2. The van der Waals surface area contributed by atoms with E-state index in [9.17, 15) is 4.79 Å². The minimum Gasteiger partial charge on any atom is -0.351 e. The first-order valence-electron chi connectivity index (χ1n) is 10.9. The summed E-state index contributed by atoms with van der Waals surface area (Å²) < 4.78 is 2.17.